The van der Waals surface area contributed by atoms with Gasteiger partial charge in [-0.15, -0.1) is 4.74 Å². The highest BCUT2D eigenvalue weighted by Gasteiger charge is 2.65. The third-order valence-electron chi connectivity index (χ3n) is 3.57. The summed E-state index contributed by atoms with van der Waals surface area (Å²) in [6, 6.07) is 7.76. The fourth-order valence-electron chi connectivity index (χ4n) is 2.75. The van der Waals surface area contributed by atoms with Gasteiger partial charge in [0.2, 0.25) is 5.71 Å². The molecule has 0 aliphatic carbocycles. The van der Waals surface area contributed by atoms with Crippen LogP contribution in [0.15, 0.2) is 30.3 Å². The molecule has 1 heterocycles. The first-order chi connectivity index (χ1) is 9.45. The molecule has 20 heavy (non-hydrogen) atoms. The quantitative estimate of drug-likeness (QED) is 0.476. The van der Waals surface area contributed by atoms with Crippen LogP contribution in [0.4, 0.5) is 0 Å². The second-order valence-corrected chi connectivity index (χ2v) is 5.00. The smallest absolute Gasteiger partial charge is 0.492 e. The van der Waals surface area contributed by atoms with Crippen molar-refractivity contribution in [3.05, 3.63) is 41.1 Å². The van der Waals surface area contributed by atoms with Crippen LogP contribution >= 0.6 is 0 Å². The van der Waals surface area contributed by atoms with Gasteiger partial charge >= 0.3 is 6.03 Å². The maximum atomic E-state index is 12.8. The van der Waals surface area contributed by atoms with Crippen molar-refractivity contribution in [2.24, 2.45) is 0 Å². The predicted molar refractivity (Wildman–Crippen MR) is 73.9 cm³/mol. The van der Waals surface area contributed by atoms with E-state index in [2.05, 4.69) is 0 Å². The van der Waals surface area contributed by atoms with Gasteiger partial charge in [-0.05, 0) is 26.0 Å². The summed E-state index contributed by atoms with van der Waals surface area (Å²) in [7, 11) is 4.30. The molecule has 110 valence electrons. The first-order valence-corrected chi connectivity index (χ1v) is 6.30. The molecule has 0 atom stereocenters. The normalized spacial score (nSPS) is 21.4. The van der Waals surface area contributed by atoms with Crippen LogP contribution in [0.25, 0.3) is 0 Å². The second kappa shape index (κ2) is 5.14. The number of rotatable bonds is 4. The molecule has 1 aromatic rings. The summed E-state index contributed by atoms with van der Waals surface area (Å²) < 4.78 is 11.4. The Morgan fingerprint density at radius 1 is 1.05 bits per heavy atom. The second-order valence-electron chi connectivity index (χ2n) is 5.00. The number of hydrogen-bond donors (Lipinski definition) is 0. The zero-order chi connectivity index (χ0) is 15.0. The third kappa shape index (κ3) is 1.84. The van der Waals surface area contributed by atoms with E-state index < -0.39 is 11.6 Å². The van der Waals surface area contributed by atoms with E-state index in [1.165, 1.54) is 26.4 Å². The third-order valence-corrected chi connectivity index (χ3v) is 3.57. The van der Waals surface area contributed by atoms with Crippen molar-refractivity contribution in [1.82, 2.24) is 5.06 Å². The molecule has 0 aromatic heterocycles. The lowest BCUT2D eigenvalue weighted by atomic mass is 9.93. The van der Waals surface area contributed by atoms with E-state index in [9.17, 15) is 5.21 Å². The molecule has 1 aliphatic heterocycles. The Hall–Kier alpha value is -1.47. The maximum absolute atomic E-state index is 12.8. The van der Waals surface area contributed by atoms with Crippen molar-refractivity contribution in [2.75, 3.05) is 21.3 Å². The van der Waals surface area contributed by atoms with Crippen LogP contribution in [0, 0.1) is 5.21 Å². The molecule has 6 heteroatoms. The van der Waals surface area contributed by atoms with E-state index in [1.807, 2.05) is 44.2 Å². The molecule has 0 amide bonds. The van der Waals surface area contributed by atoms with Gasteiger partial charge in [0.15, 0.2) is 0 Å². The van der Waals surface area contributed by atoms with E-state index >= 15 is 0 Å². The summed E-state index contributed by atoms with van der Waals surface area (Å²) >= 11 is 0. The lowest BCUT2D eigenvalue weighted by molar-refractivity contribution is -0.718. The Labute approximate surface area is 118 Å². The zero-order valence-electron chi connectivity index (χ0n) is 12.4. The highest BCUT2D eigenvalue weighted by molar-refractivity contribution is 6.04. The first-order valence-electron chi connectivity index (χ1n) is 6.30. The average molecular weight is 280 g/mol. The Balaban J connectivity index is 2.67. The van der Waals surface area contributed by atoms with Crippen LogP contribution in [0.1, 0.15) is 19.4 Å². The van der Waals surface area contributed by atoms with Gasteiger partial charge in [-0.1, -0.05) is 23.3 Å². The van der Waals surface area contributed by atoms with Gasteiger partial charge in [0.25, 0.3) is 0 Å². The molecular weight excluding hydrogens is 260 g/mol. The first kappa shape index (κ1) is 14.9. The Bertz CT molecular complexity index is 509. The summed E-state index contributed by atoms with van der Waals surface area (Å²) in [6.45, 7) is 3.76. The van der Waals surface area contributed by atoms with Crippen LogP contribution < -0.4 is 0 Å². The van der Waals surface area contributed by atoms with E-state index in [0.29, 0.717) is 10.5 Å². The van der Waals surface area contributed by atoms with Crippen LogP contribution in [-0.4, -0.2) is 48.4 Å². The molecule has 0 bridgehead atoms. The molecule has 1 aliphatic rings. The van der Waals surface area contributed by atoms with Crippen LogP contribution in [0.2, 0.25) is 0 Å². The molecule has 1 aromatic carbocycles. The van der Waals surface area contributed by atoms with Gasteiger partial charge in [-0.2, -0.15) is 0 Å². The number of nitrogens with zero attached hydrogens (tertiary/aromatic N) is 2. The van der Waals surface area contributed by atoms with Gasteiger partial charge in [-0.25, -0.2) is 0 Å². The van der Waals surface area contributed by atoms with Crippen molar-refractivity contribution < 1.29 is 19.1 Å². The molecule has 0 saturated carbocycles. The Kier molecular flexibility index (Phi) is 3.84. The summed E-state index contributed by atoms with van der Waals surface area (Å²) in [6.07, 6.45) is 0. The molecule has 0 saturated heterocycles. The molecule has 0 fully saturated rings. The van der Waals surface area contributed by atoms with Crippen molar-refractivity contribution in [1.29, 1.82) is 0 Å². The SMILES string of the molecule is CON1C(C)(C)C(c2ccccc2)=[N+]([O-])C1(OC)OC. The lowest BCUT2D eigenvalue weighted by Gasteiger charge is -2.34. The largest absolute Gasteiger partial charge is 0.618 e. The number of ether oxygens (including phenoxy) is 2. The van der Waals surface area contributed by atoms with Gasteiger partial charge in [0.1, 0.15) is 5.54 Å². The number of benzene rings is 1. The molecule has 0 radical (unpaired) electrons. The number of hydrogen-bond acceptors (Lipinski definition) is 5. The fraction of sp³-hybridized carbons (Fsp3) is 0.500. The fourth-order valence-corrected chi connectivity index (χ4v) is 2.75. The minimum Gasteiger partial charge on any atom is -0.618 e. The molecule has 6 nitrogen and oxygen atoms in total. The van der Waals surface area contributed by atoms with Gasteiger partial charge in [0, 0.05) is 19.8 Å². The highest BCUT2D eigenvalue weighted by atomic mass is 16.8. The monoisotopic (exact) mass is 280 g/mol. The lowest BCUT2D eigenvalue weighted by Crippen LogP contribution is -2.58. The highest BCUT2D eigenvalue weighted by Crippen LogP contribution is 2.37. The standard InChI is InChI=1S/C14H20N2O4/c1-13(2)12(11-9-7-6-8-10-11)15(17)14(18-3,19-4)16(13)20-5/h6-10H,1-5H3. The Morgan fingerprint density at radius 3 is 2.00 bits per heavy atom. The summed E-state index contributed by atoms with van der Waals surface area (Å²) in [5, 5.41) is 14.2. The number of methoxy groups -OCH3 is 2. The van der Waals surface area contributed by atoms with Crippen molar-refractivity contribution >= 4 is 5.71 Å². The molecule has 0 N–H and O–H groups in total. The Morgan fingerprint density at radius 2 is 1.60 bits per heavy atom. The summed E-state index contributed by atoms with van der Waals surface area (Å²) in [4.78, 5) is 5.37. The van der Waals surface area contributed by atoms with Gasteiger partial charge in [0.05, 0.1) is 7.11 Å². The van der Waals surface area contributed by atoms with Crippen molar-refractivity contribution in [3.8, 4) is 0 Å². The average Bonchev–Trinajstić information content (AvgIpc) is 2.62. The number of hydroxylamine groups is 3. The zero-order valence-corrected chi connectivity index (χ0v) is 12.4. The van der Waals surface area contributed by atoms with Crippen LogP contribution in [-0.2, 0) is 14.3 Å². The summed E-state index contributed by atoms with van der Waals surface area (Å²) in [5.41, 5.74) is 0.596. The molecule has 0 unspecified atom stereocenters. The maximum Gasteiger partial charge on any atom is 0.492 e. The van der Waals surface area contributed by atoms with E-state index in [-0.39, 0.29) is 0 Å². The minimum atomic E-state index is -1.64. The van der Waals surface area contributed by atoms with E-state index in [4.69, 9.17) is 14.3 Å². The van der Waals surface area contributed by atoms with Crippen molar-refractivity contribution in [2.45, 2.75) is 25.4 Å². The topological polar surface area (TPSA) is 57.0 Å². The minimum absolute atomic E-state index is 0.517. The van der Waals surface area contributed by atoms with Gasteiger partial charge in [-0.3, -0.25) is 14.3 Å². The summed E-state index contributed by atoms with van der Waals surface area (Å²) in [5.74, 6) is 0. The van der Waals surface area contributed by atoms with Gasteiger partial charge < -0.3 is 5.21 Å². The van der Waals surface area contributed by atoms with E-state index in [1.54, 1.807) is 0 Å². The van der Waals surface area contributed by atoms with Crippen molar-refractivity contribution in [3.63, 3.8) is 0 Å². The predicted octanol–water partition coefficient (Wildman–Crippen LogP) is 1.55. The molecule has 0 spiro atoms. The molecular formula is C14H20N2O4. The van der Waals surface area contributed by atoms with E-state index in [0.717, 1.165) is 5.56 Å². The molecule has 2 rings (SSSR count). The van der Waals surface area contributed by atoms with Crippen LogP contribution in [0.3, 0.4) is 0 Å². The van der Waals surface area contributed by atoms with Crippen LogP contribution in [0.5, 0.6) is 0 Å².